The van der Waals surface area contributed by atoms with Gasteiger partial charge in [0.25, 0.3) is 0 Å². The molecule has 16 heavy (non-hydrogen) atoms. The number of nitrogens with zero attached hydrogens (tertiary/aromatic N) is 1. The lowest BCUT2D eigenvalue weighted by Crippen LogP contribution is -2.43. The molecule has 0 spiro atoms. The van der Waals surface area contributed by atoms with Crippen molar-refractivity contribution in [1.82, 2.24) is 10.3 Å². The molecule has 0 bridgehead atoms. The molecule has 1 saturated heterocycles. The second kappa shape index (κ2) is 5.64. The van der Waals surface area contributed by atoms with Gasteiger partial charge in [-0.15, -0.1) is 0 Å². The number of piperidine rings is 1. The lowest BCUT2D eigenvalue weighted by molar-refractivity contribution is -0.121. The molecular weight excluding hydrogens is 202 g/mol. The molecule has 2 aliphatic rings. The van der Waals surface area contributed by atoms with Crippen molar-refractivity contribution in [3.8, 4) is 0 Å². The first kappa shape index (κ1) is 11.9. The van der Waals surface area contributed by atoms with Crippen LogP contribution in [0.3, 0.4) is 0 Å². The molecule has 4 nitrogen and oxygen atoms in total. The second-order valence-electron chi connectivity index (χ2n) is 5.21. The van der Waals surface area contributed by atoms with Crippen LogP contribution in [0.15, 0.2) is 0 Å². The summed E-state index contributed by atoms with van der Waals surface area (Å²) in [5.41, 5.74) is 2.20. The molecule has 0 aromatic heterocycles. The number of amides is 1. The van der Waals surface area contributed by atoms with Gasteiger partial charge in [0.2, 0.25) is 5.91 Å². The third-order valence-corrected chi connectivity index (χ3v) is 4.19. The van der Waals surface area contributed by atoms with Gasteiger partial charge in [0.05, 0.1) is 0 Å². The standard InChI is InChI=1S/C12H23N3O/c13-14-12(16)6-8-15-7-5-10-3-1-2-4-11(10)9-15/h10-11H,1-9,13H2,(H,14,16). The summed E-state index contributed by atoms with van der Waals surface area (Å²) in [5, 5.41) is 0. The molecule has 1 aliphatic carbocycles. The van der Waals surface area contributed by atoms with Crippen LogP contribution in [-0.2, 0) is 4.79 Å². The second-order valence-corrected chi connectivity index (χ2v) is 5.21. The molecule has 1 saturated carbocycles. The summed E-state index contributed by atoms with van der Waals surface area (Å²) < 4.78 is 0. The van der Waals surface area contributed by atoms with Gasteiger partial charge in [0, 0.05) is 19.5 Å². The molecule has 0 radical (unpaired) electrons. The third-order valence-electron chi connectivity index (χ3n) is 4.19. The van der Waals surface area contributed by atoms with Crippen molar-refractivity contribution in [3.05, 3.63) is 0 Å². The number of nitrogens with two attached hydrogens (primary N) is 1. The number of carbonyl (C=O) groups is 1. The highest BCUT2D eigenvalue weighted by atomic mass is 16.2. The minimum atomic E-state index is -0.0502. The van der Waals surface area contributed by atoms with E-state index in [-0.39, 0.29) is 5.91 Å². The van der Waals surface area contributed by atoms with E-state index in [2.05, 4.69) is 10.3 Å². The van der Waals surface area contributed by atoms with E-state index in [1.807, 2.05) is 0 Å². The number of nitrogens with one attached hydrogen (secondary N) is 1. The van der Waals surface area contributed by atoms with Gasteiger partial charge in [-0.05, 0) is 31.2 Å². The van der Waals surface area contributed by atoms with Crippen LogP contribution in [0.25, 0.3) is 0 Å². The van der Waals surface area contributed by atoms with Crippen LogP contribution in [-0.4, -0.2) is 30.4 Å². The Morgan fingerprint density at radius 1 is 1.25 bits per heavy atom. The molecular formula is C12H23N3O. The Morgan fingerprint density at radius 3 is 2.75 bits per heavy atom. The largest absolute Gasteiger partial charge is 0.303 e. The van der Waals surface area contributed by atoms with Crippen molar-refractivity contribution in [2.75, 3.05) is 19.6 Å². The molecule has 2 unspecified atom stereocenters. The van der Waals surface area contributed by atoms with E-state index in [9.17, 15) is 4.79 Å². The lowest BCUT2D eigenvalue weighted by atomic mass is 9.75. The van der Waals surface area contributed by atoms with Crippen molar-refractivity contribution >= 4 is 5.91 Å². The quantitative estimate of drug-likeness (QED) is 0.426. The number of carbonyl (C=O) groups excluding carboxylic acids is 1. The molecule has 1 aliphatic heterocycles. The summed E-state index contributed by atoms with van der Waals surface area (Å²) in [5.74, 6) is 6.88. The summed E-state index contributed by atoms with van der Waals surface area (Å²) in [4.78, 5) is 13.5. The van der Waals surface area contributed by atoms with Gasteiger partial charge in [0.15, 0.2) is 0 Å². The highest BCUT2D eigenvalue weighted by Gasteiger charge is 2.30. The zero-order valence-electron chi connectivity index (χ0n) is 9.95. The normalized spacial score (nSPS) is 30.8. The topological polar surface area (TPSA) is 58.4 Å². The molecule has 1 amide bonds. The van der Waals surface area contributed by atoms with Crippen LogP contribution in [0.1, 0.15) is 38.5 Å². The Balaban J connectivity index is 1.74. The summed E-state index contributed by atoms with van der Waals surface area (Å²) in [6.07, 6.45) is 7.52. The van der Waals surface area contributed by atoms with Crippen LogP contribution in [0.2, 0.25) is 0 Å². The number of fused-ring (bicyclic) bond motifs is 1. The molecule has 0 aromatic rings. The third kappa shape index (κ3) is 2.95. The molecule has 2 fully saturated rings. The van der Waals surface area contributed by atoms with E-state index in [0.717, 1.165) is 18.4 Å². The highest BCUT2D eigenvalue weighted by molar-refractivity contribution is 5.75. The van der Waals surface area contributed by atoms with Crippen molar-refractivity contribution < 1.29 is 4.79 Å². The Hall–Kier alpha value is -0.610. The smallest absolute Gasteiger partial charge is 0.235 e. The van der Waals surface area contributed by atoms with Gasteiger partial charge in [-0.2, -0.15) is 0 Å². The van der Waals surface area contributed by atoms with Gasteiger partial charge in [-0.25, -0.2) is 5.84 Å². The SMILES string of the molecule is NNC(=O)CCN1CCC2CCCCC2C1. The summed E-state index contributed by atoms with van der Waals surface area (Å²) >= 11 is 0. The Morgan fingerprint density at radius 2 is 2.00 bits per heavy atom. The van der Waals surface area contributed by atoms with Crippen LogP contribution in [0.4, 0.5) is 0 Å². The minimum absolute atomic E-state index is 0.0502. The zero-order chi connectivity index (χ0) is 11.4. The van der Waals surface area contributed by atoms with E-state index in [1.54, 1.807) is 0 Å². The Labute approximate surface area is 97.5 Å². The average molecular weight is 225 g/mol. The first-order valence-electron chi connectivity index (χ1n) is 6.51. The van der Waals surface area contributed by atoms with Crippen molar-refractivity contribution in [1.29, 1.82) is 0 Å². The molecule has 1 heterocycles. The van der Waals surface area contributed by atoms with Crippen LogP contribution >= 0.6 is 0 Å². The molecule has 0 aromatic carbocycles. The lowest BCUT2D eigenvalue weighted by Gasteiger charge is -2.41. The van der Waals surface area contributed by atoms with Gasteiger partial charge >= 0.3 is 0 Å². The maximum absolute atomic E-state index is 11.1. The van der Waals surface area contributed by atoms with Crippen LogP contribution in [0, 0.1) is 11.8 Å². The van der Waals surface area contributed by atoms with E-state index in [1.165, 1.54) is 45.2 Å². The number of rotatable bonds is 3. The predicted molar refractivity (Wildman–Crippen MR) is 63.5 cm³/mol. The summed E-state index contributed by atoms with van der Waals surface area (Å²) in [6.45, 7) is 3.23. The molecule has 3 N–H and O–H groups in total. The van der Waals surface area contributed by atoms with Crippen LogP contribution < -0.4 is 11.3 Å². The fraction of sp³-hybridized carbons (Fsp3) is 0.917. The fourth-order valence-corrected chi connectivity index (χ4v) is 3.21. The van der Waals surface area contributed by atoms with Crippen molar-refractivity contribution in [3.63, 3.8) is 0 Å². The van der Waals surface area contributed by atoms with Crippen LogP contribution in [0.5, 0.6) is 0 Å². The van der Waals surface area contributed by atoms with Gasteiger partial charge in [-0.3, -0.25) is 10.2 Å². The van der Waals surface area contributed by atoms with Gasteiger partial charge < -0.3 is 4.90 Å². The average Bonchev–Trinajstić information content (AvgIpc) is 2.35. The molecule has 4 heteroatoms. The molecule has 92 valence electrons. The van der Waals surface area contributed by atoms with E-state index < -0.39 is 0 Å². The van der Waals surface area contributed by atoms with Crippen molar-refractivity contribution in [2.24, 2.45) is 17.7 Å². The van der Waals surface area contributed by atoms with Gasteiger partial charge in [-0.1, -0.05) is 19.3 Å². The Bertz CT molecular complexity index is 244. The van der Waals surface area contributed by atoms with E-state index in [4.69, 9.17) is 5.84 Å². The Kier molecular flexibility index (Phi) is 4.18. The number of hydrogen-bond donors (Lipinski definition) is 2. The minimum Gasteiger partial charge on any atom is -0.303 e. The molecule has 2 rings (SSSR count). The van der Waals surface area contributed by atoms with E-state index >= 15 is 0 Å². The zero-order valence-corrected chi connectivity index (χ0v) is 9.95. The van der Waals surface area contributed by atoms with E-state index in [0.29, 0.717) is 6.42 Å². The summed E-state index contributed by atoms with van der Waals surface area (Å²) in [7, 11) is 0. The number of hydrogen-bond acceptors (Lipinski definition) is 3. The highest BCUT2D eigenvalue weighted by Crippen LogP contribution is 2.35. The maximum Gasteiger partial charge on any atom is 0.235 e. The first-order valence-corrected chi connectivity index (χ1v) is 6.51. The monoisotopic (exact) mass is 225 g/mol. The fourth-order valence-electron chi connectivity index (χ4n) is 3.21. The van der Waals surface area contributed by atoms with Crippen molar-refractivity contribution in [2.45, 2.75) is 38.5 Å². The number of likely N-dealkylation sites (tertiary alicyclic amines) is 1. The summed E-state index contributed by atoms with van der Waals surface area (Å²) in [6, 6.07) is 0. The number of hydrazine groups is 1. The maximum atomic E-state index is 11.1. The first-order chi connectivity index (χ1) is 7.79. The van der Waals surface area contributed by atoms with Gasteiger partial charge in [0.1, 0.15) is 0 Å². The predicted octanol–water partition coefficient (Wildman–Crippen LogP) is 0.878. The molecule has 2 atom stereocenters.